The molecule has 0 amide bonds. The van der Waals surface area contributed by atoms with Gasteiger partial charge in [0, 0.05) is 12.8 Å². The molecule has 4 rings (SSSR count). The number of epoxide rings is 1. The van der Waals surface area contributed by atoms with Crippen molar-refractivity contribution in [3.8, 4) is 0 Å². The van der Waals surface area contributed by atoms with Crippen LogP contribution in [0.2, 0.25) is 0 Å². The van der Waals surface area contributed by atoms with Crippen LogP contribution in [0.4, 0.5) is 0 Å². The number of hydrogen-bond acceptors (Lipinski definition) is 3. The summed E-state index contributed by atoms with van der Waals surface area (Å²) in [5.41, 5.74) is 0.869. The zero-order valence-electron chi connectivity index (χ0n) is 13.1. The van der Waals surface area contributed by atoms with Crippen molar-refractivity contribution in [3.63, 3.8) is 0 Å². The summed E-state index contributed by atoms with van der Waals surface area (Å²) in [4.78, 5) is 11.5. The van der Waals surface area contributed by atoms with Crippen LogP contribution >= 0.6 is 0 Å². The zero-order valence-corrected chi connectivity index (χ0v) is 13.1. The Labute approximate surface area is 121 Å². The highest BCUT2D eigenvalue weighted by Crippen LogP contribution is 2.79. The number of rotatable bonds is 1. The molecule has 2 bridgehead atoms. The van der Waals surface area contributed by atoms with Crippen molar-refractivity contribution < 1.29 is 14.3 Å². The Balaban J connectivity index is 1.80. The van der Waals surface area contributed by atoms with Crippen molar-refractivity contribution in [3.05, 3.63) is 0 Å². The summed E-state index contributed by atoms with van der Waals surface area (Å²) in [6.45, 7) is 9.72. The van der Waals surface area contributed by atoms with Crippen LogP contribution in [-0.4, -0.2) is 24.3 Å². The van der Waals surface area contributed by atoms with Gasteiger partial charge in [-0.05, 0) is 41.9 Å². The minimum Gasteiger partial charge on any atom is -0.459 e. The number of ether oxygens (including phenoxy) is 2. The van der Waals surface area contributed by atoms with Gasteiger partial charge in [0.1, 0.15) is 11.7 Å². The quantitative estimate of drug-likeness (QED) is 0.545. The molecule has 1 spiro atoms. The molecule has 112 valence electrons. The van der Waals surface area contributed by atoms with E-state index < -0.39 is 0 Å². The first-order valence-electron chi connectivity index (χ1n) is 8.09. The molecule has 3 heteroatoms. The Hall–Kier alpha value is -0.570. The number of esters is 1. The van der Waals surface area contributed by atoms with Crippen LogP contribution in [0.5, 0.6) is 0 Å². The monoisotopic (exact) mass is 278 g/mol. The molecule has 3 aliphatic carbocycles. The maximum Gasteiger partial charge on any atom is 0.303 e. The molecular formula is C17H26O3. The fourth-order valence-electron chi connectivity index (χ4n) is 6.46. The van der Waals surface area contributed by atoms with Crippen LogP contribution in [0.1, 0.15) is 59.8 Å². The van der Waals surface area contributed by atoms with Crippen LogP contribution in [0, 0.1) is 22.2 Å². The molecular weight excluding hydrogens is 252 g/mol. The topological polar surface area (TPSA) is 38.8 Å². The van der Waals surface area contributed by atoms with E-state index in [1.54, 1.807) is 0 Å². The van der Waals surface area contributed by atoms with Crippen LogP contribution in [0.3, 0.4) is 0 Å². The van der Waals surface area contributed by atoms with Gasteiger partial charge < -0.3 is 9.47 Å². The molecule has 0 aromatic carbocycles. The number of hydrogen-bond donors (Lipinski definition) is 0. The first-order valence-corrected chi connectivity index (χ1v) is 8.09. The van der Waals surface area contributed by atoms with E-state index in [1.807, 2.05) is 0 Å². The van der Waals surface area contributed by atoms with Gasteiger partial charge in [0.25, 0.3) is 0 Å². The fourth-order valence-corrected chi connectivity index (χ4v) is 6.46. The third-order valence-electron chi connectivity index (χ3n) is 7.95. The average Bonchev–Trinajstić information content (AvgIpc) is 3.04. The lowest BCUT2D eigenvalue weighted by Crippen LogP contribution is -2.48. The smallest absolute Gasteiger partial charge is 0.303 e. The fraction of sp³-hybridized carbons (Fsp3) is 0.941. The van der Waals surface area contributed by atoms with Crippen molar-refractivity contribution in [2.45, 2.75) is 71.5 Å². The highest BCUT2D eigenvalue weighted by atomic mass is 16.6. The highest BCUT2D eigenvalue weighted by molar-refractivity contribution is 5.66. The summed E-state index contributed by atoms with van der Waals surface area (Å²) in [5.74, 6) is 0.404. The molecule has 3 saturated carbocycles. The van der Waals surface area contributed by atoms with Gasteiger partial charge in [-0.3, -0.25) is 4.79 Å². The molecule has 1 unspecified atom stereocenters. The Morgan fingerprint density at radius 2 is 1.90 bits per heavy atom. The van der Waals surface area contributed by atoms with Gasteiger partial charge in [-0.2, -0.15) is 0 Å². The van der Waals surface area contributed by atoms with Crippen molar-refractivity contribution in [1.82, 2.24) is 0 Å². The Morgan fingerprint density at radius 1 is 1.20 bits per heavy atom. The molecule has 0 aromatic heterocycles. The standard InChI is InChI=1S/C17H26O3/c1-11(18)20-13-9-14(2)8-12(17(13)10-19-17)15(3)6-5-7-16(14,15)4/h12-13H,5-10H2,1-4H3/t12?,13-,14+,15+,16-,17-/m1/s1. The summed E-state index contributed by atoms with van der Waals surface area (Å²) >= 11 is 0. The molecule has 1 aliphatic heterocycles. The largest absolute Gasteiger partial charge is 0.459 e. The van der Waals surface area contributed by atoms with Crippen molar-refractivity contribution in [2.24, 2.45) is 22.2 Å². The second-order valence-corrected chi connectivity index (χ2v) is 8.47. The van der Waals surface area contributed by atoms with Gasteiger partial charge in [0.15, 0.2) is 0 Å². The lowest BCUT2D eigenvalue weighted by molar-refractivity contribution is -0.157. The van der Waals surface area contributed by atoms with Crippen LogP contribution in [0.25, 0.3) is 0 Å². The minimum absolute atomic E-state index is 0.0250. The van der Waals surface area contributed by atoms with E-state index in [0.29, 0.717) is 22.2 Å². The van der Waals surface area contributed by atoms with Crippen LogP contribution in [-0.2, 0) is 14.3 Å². The number of fused-ring (bicyclic) bond motifs is 6. The SMILES string of the molecule is CC(=O)O[C@@H]1C[C@]2(C)CC([C@]3(C)CCC[C@]23C)[C@]12CO2. The second-order valence-electron chi connectivity index (χ2n) is 8.47. The van der Waals surface area contributed by atoms with E-state index >= 15 is 0 Å². The van der Waals surface area contributed by atoms with E-state index in [1.165, 1.54) is 32.6 Å². The third kappa shape index (κ3) is 1.21. The Morgan fingerprint density at radius 3 is 2.50 bits per heavy atom. The Bertz CT molecular complexity index is 483. The van der Waals surface area contributed by atoms with Gasteiger partial charge in [-0.25, -0.2) is 0 Å². The zero-order chi connectivity index (χ0) is 14.4. The van der Waals surface area contributed by atoms with Crippen molar-refractivity contribution in [2.75, 3.05) is 6.61 Å². The molecule has 0 aromatic rings. The molecule has 0 N–H and O–H groups in total. The summed E-state index contributed by atoms with van der Waals surface area (Å²) in [5, 5.41) is 0. The Kier molecular flexibility index (Phi) is 2.25. The first-order chi connectivity index (χ1) is 9.28. The third-order valence-corrected chi connectivity index (χ3v) is 7.95. The maximum absolute atomic E-state index is 11.5. The predicted octanol–water partition coefficient (Wildman–Crippen LogP) is 3.31. The van der Waals surface area contributed by atoms with Crippen LogP contribution in [0.15, 0.2) is 0 Å². The second kappa shape index (κ2) is 3.43. The summed E-state index contributed by atoms with van der Waals surface area (Å²) < 4.78 is 11.7. The normalized spacial score (nSPS) is 59.6. The lowest BCUT2D eigenvalue weighted by Gasteiger charge is -2.46. The van der Waals surface area contributed by atoms with E-state index in [-0.39, 0.29) is 17.7 Å². The predicted molar refractivity (Wildman–Crippen MR) is 75.1 cm³/mol. The average molecular weight is 278 g/mol. The maximum atomic E-state index is 11.5. The van der Waals surface area contributed by atoms with E-state index in [4.69, 9.17) is 9.47 Å². The summed E-state index contributed by atoms with van der Waals surface area (Å²) in [6.07, 6.45) is 6.17. The molecule has 4 fully saturated rings. The molecule has 1 heterocycles. The summed E-state index contributed by atoms with van der Waals surface area (Å²) in [7, 11) is 0. The van der Waals surface area contributed by atoms with Gasteiger partial charge >= 0.3 is 5.97 Å². The first kappa shape index (κ1) is 13.1. The van der Waals surface area contributed by atoms with E-state index in [0.717, 1.165) is 13.0 Å². The molecule has 6 atom stereocenters. The number of carbonyl (C=O) groups is 1. The van der Waals surface area contributed by atoms with Crippen molar-refractivity contribution >= 4 is 5.97 Å². The lowest BCUT2D eigenvalue weighted by atomic mass is 9.59. The van der Waals surface area contributed by atoms with Crippen LogP contribution < -0.4 is 0 Å². The van der Waals surface area contributed by atoms with E-state index in [2.05, 4.69) is 20.8 Å². The number of carbonyl (C=O) groups excluding carboxylic acids is 1. The molecule has 4 aliphatic rings. The molecule has 0 radical (unpaired) electrons. The molecule has 20 heavy (non-hydrogen) atoms. The van der Waals surface area contributed by atoms with Gasteiger partial charge in [-0.15, -0.1) is 0 Å². The van der Waals surface area contributed by atoms with Gasteiger partial charge in [0.2, 0.25) is 0 Å². The summed E-state index contributed by atoms with van der Waals surface area (Å²) in [6, 6.07) is 0. The van der Waals surface area contributed by atoms with E-state index in [9.17, 15) is 4.79 Å². The minimum atomic E-state index is -0.157. The molecule has 3 nitrogen and oxygen atoms in total. The molecule has 1 saturated heterocycles. The van der Waals surface area contributed by atoms with Crippen molar-refractivity contribution in [1.29, 1.82) is 0 Å². The van der Waals surface area contributed by atoms with Gasteiger partial charge in [0.05, 0.1) is 6.61 Å². The highest BCUT2D eigenvalue weighted by Gasteiger charge is 2.79. The van der Waals surface area contributed by atoms with Gasteiger partial charge in [-0.1, -0.05) is 27.2 Å².